The van der Waals surface area contributed by atoms with Crippen molar-refractivity contribution in [3.63, 3.8) is 0 Å². The topological polar surface area (TPSA) is 73.1 Å². The van der Waals surface area contributed by atoms with E-state index >= 15 is 0 Å². The molecule has 3 atom stereocenters. The summed E-state index contributed by atoms with van der Waals surface area (Å²) in [6, 6.07) is 6.92. The number of imide groups is 1. The van der Waals surface area contributed by atoms with Crippen molar-refractivity contribution in [3.05, 3.63) is 40.5 Å². The molecule has 0 spiro atoms. The largest absolute Gasteiger partial charge is 0.421 e. The van der Waals surface area contributed by atoms with Crippen molar-refractivity contribution in [2.45, 2.75) is 32.6 Å². The fraction of sp³-hybridized carbons (Fsp3) is 0.450. The van der Waals surface area contributed by atoms with Gasteiger partial charge in [-0.3, -0.25) is 0 Å². The highest BCUT2D eigenvalue weighted by Crippen LogP contribution is 2.49. The molecule has 1 aromatic heterocycles. The van der Waals surface area contributed by atoms with Crippen LogP contribution in [0.3, 0.4) is 0 Å². The van der Waals surface area contributed by atoms with Crippen LogP contribution in [0.25, 0.3) is 10.4 Å². The molecule has 2 heterocycles. The quantitative estimate of drug-likeness (QED) is 0.762. The van der Waals surface area contributed by atoms with E-state index in [1.165, 1.54) is 11.3 Å². The van der Waals surface area contributed by atoms with Crippen LogP contribution in [0.5, 0.6) is 0 Å². The number of halogens is 2. The second kappa shape index (κ2) is 6.42. The average Bonchev–Trinajstić information content (AvgIpc) is 3.23. The van der Waals surface area contributed by atoms with E-state index in [1.54, 1.807) is 6.92 Å². The third-order valence-electron chi connectivity index (χ3n) is 5.91. The van der Waals surface area contributed by atoms with E-state index < -0.39 is 22.3 Å². The van der Waals surface area contributed by atoms with Gasteiger partial charge in [0.1, 0.15) is 0 Å². The lowest BCUT2D eigenvalue weighted by Crippen LogP contribution is -2.59. The number of quaternary nitrogens is 1. The first-order chi connectivity index (χ1) is 13.1. The fourth-order valence-corrected chi connectivity index (χ4v) is 5.60. The summed E-state index contributed by atoms with van der Waals surface area (Å²) >= 11 is 1.38. The number of benzene rings is 1. The van der Waals surface area contributed by atoms with Gasteiger partial charge in [0.2, 0.25) is 5.92 Å². The molecule has 1 aromatic carbocycles. The van der Waals surface area contributed by atoms with Crippen molar-refractivity contribution >= 4 is 23.3 Å². The van der Waals surface area contributed by atoms with Gasteiger partial charge in [-0.2, -0.15) is 4.48 Å². The molecule has 148 valence electrons. The maximum Gasteiger partial charge on any atom is 0.421 e. The lowest BCUT2D eigenvalue weighted by atomic mass is 10.0. The van der Waals surface area contributed by atoms with E-state index in [2.05, 4.69) is 4.98 Å². The number of aryl methyl sites for hydroxylation is 2. The molecule has 1 saturated carbocycles. The van der Waals surface area contributed by atoms with Crippen LogP contribution < -0.4 is 5.73 Å². The number of alkyl halides is 2. The van der Waals surface area contributed by atoms with Gasteiger partial charge in [0, 0.05) is 24.7 Å². The lowest BCUT2D eigenvalue weighted by Gasteiger charge is -2.27. The van der Waals surface area contributed by atoms with Crippen LogP contribution in [-0.2, 0) is 0 Å². The van der Waals surface area contributed by atoms with Gasteiger partial charge in [-0.15, -0.1) is 11.3 Å². The van der Waals surface area contributed by atoms with Crippen LogP contribution in [0, 0.1) is 25.7 Å². The first kappa shape index (κ1) is 19.1. The molecular formula is C20H22F2N3O2S+. The Labute approximate surface area is 165 Å². The number of carbonyl (C=O) groups excluding carboxylic acids is 2. The standard InChI is InChI=1S/C20H21F2N3O2S/c1-11-4-3-5-13(6-11)17-16(24-12(2)28-17)18(26)25(19(23)27)9-14-7-20(21,22)8-15(14)10-25/h3-6,14-15H,7-10H2,1-2H3,(H-,23,27)/p+1/t14-,15+,25?. The number of nitrogens with two attached hydrogens (primary N) is 1. The molecule has 2 N–H and O–H groups in total. The maximum atomic E-state index is 13.8. The Morgan fingerprint density at radius 3 is 2.43 bits per heavy atom. The molecule has 28 heavy (non-hydrogen) atoms. The Morgan fingerprint density at radius 2 is 1.86 bits per heavy atom. The highest BCUT2D eigenvalue weighted by Gasteiger charge is 2.62. The number of aromatic nitrogens is 1. The van der Waals surface area contributed by atoms with Gasteiger partial charge in [0.25, 0.3) is 0 Å². The number of carbonyl (C=O) groups is 2. The number of hydrogen-bond acceptors (Lipinski definition) is 4. The van der Waals surface area contributed by atoms with E-state index in [9.17, 15) is 18.4 Å². The molecule has 8 heteroatoms. The predicted octanol–water partition coefficient (Wildman–Crippen LogP) is 4.14. The molecule has 1 unspecified atom stereocenters. The number of rotatable bonds is 2. The van der Waals surface area contributed by atoms with Crippen LogP contribution in [0.2, 0.25) is 0 Å². The van der Waals surface area contributed by atoms with E-state index in [1.807, 2.05) is 31.2 Å². The van der Waals surface area contributed by atoms with Gasteiger partial charge in [0.15, 0.2) is 5.69 Å². The Bertz CT molecular complexity index is 956. The normalized spacial score (nSPS) is 28.3. The van der Waals surface area contributed by atoms with Gasteiger partial charge < -0.3 is 5.73 Å². The maximum absolute atomic E-state index is 13.8. The molecule has 2 fully saturated rings. The molecular weight excluding hydrogens is 384 g/mol. The summed E-state index contributed by atoms with van der Waals surface area (Å²) in [5.41, 5.74) is 7.76. The average molecular weight is 406 g/mol. The van der Waals surface area contributed by atoms with Crippen molar-refractivity contribution in [3.8, 4) is 10.4 Å². The van der Waals surface area contributed by atoms with Gasteiger partial charge >= 0.3 is 11.9 Å². The number of nitrogens with zero attached hydrogens (tertiary/aromatic N) is 2. The molecule has 3 amide bonds. The summed E-state index contributed by atoms with van der Waals surface area (Å²) < 4.78 is 26.9. The van der Waals surface area contributed by atoms with E-state index in [0.717, 1.165) is 11.1 Å². The molecule has 2 aliphatic rings. The van der Waals surface area contributed by atoms with Gasteiger partial charge in [-0.25, -0.2) is 23.4 Å². The minimum absolute atomic E-state index is 0.0260. The van der Waals surface area contributed by atoms with Gasteiger partial charge in [-0.1, -0.05) is 29.8 Å². The predicted molar refractivity (Wildman–Crippen MR) is 102 cm³/mol. The molecule has 2 aromatic rings. The SMILES string of the molecule is Cc1cccc(-c2sc(C)nc2C(=O)[N+]2(C(N)=O)C[C@H]3CC(F)(F)C[C@H]3C2)c1. The zero-order chi connectivity index (χ0) is 20.3. The lowest BCUT2D eigenvalue weighted by molar-refractivity contribution is -0.756. The van der Waals surface area contributed by atoms with Crippen LogP contribution in [0.15, 0.2) is 24.3 Å². The summed E-state index contributed by atoms with van der Waals surface area (Å²) in [6.07, 6.45) is -0.585. The smallest absolute Gasteiger partial charge is 0.318 e. The second-order valence-corrected chi connectivity index (χ2v) is 9.24. The summed E-state index contributed by atoms with van der Waals surface area (Å²) in [5.74, 6) is -3.97. The number of primary amides is 1. The van der Waals surface area contributed by atoms with E-state index in [4.69, 9.17) is 5.73 Å². The molecule has 1 aliphatic heterocycles. The summed E-state index contributed by atoms with van der Waals surface area (Å²) in [7, 11) is 0. The number of likely N-dealkylation sites (tertiary alicyclic amines) is 1. The first-order valence-corrected chi connectivity index (χ1v) is 10.1. The molecule has 1 saturated heterocycles. The fourth-order valence-electron chi connectivity index (χ4n) is 4.69. The third-order valence-corrected chi connectivity index (χ3v) is 6.93. The van der Waals surface area contributed by atoms with E-state index in [0.29, 0.717) is 9.88 Å². The number of fused-ring (bicyclic) bond motifs is 1. The number of hydrogen-bond donors (Lipinski definition) is 1. The number of amides is 3. The molecule has 1 aliphatic carbocycles. The minimum Gasteiger partial charge on any atom is -0.318 e. The van der Waals surface area contributed by atoms with Crippen molar-refractivity contribution in [1.29, 1.82) is 0 Å². The highest BCUT2D eigenvalue weighted by molar-refractivity contribution is 7.15. The number of thiazole rings is 1. The Morgan fingerprint density at radius 1 is 1.21 bits per heavy atom. The zero-order valence-corrected chi connectivity index (χ0v) is 16.6. The van der Waals surface area contributed by atoms with Gasteiger partial charge in [0.05, 0.1) is 23.0 Å². The van der Waals surface area contributed by atoms with Crippen molar-refractivity contribution < 1.29 is 22.9 Å². The zero-order valence-electron chi connectivity index (χ0n) is 15.7. The van der Waals surface area contributed by atoms with Crippen LogP contribution in [0.1, 0.15) is 33.9 Å². The van der Waals surface area contributed by atoms with Crippen LogP contribution in [-0.4, -0.2) is 40.4 Å². The van der Waals surface area contributed by atoms with Crippen molar-refractivity contribution in [2.75, 3.05) is 13.1 Å². The Balaban J connectivity index is 1.74. The Hall–Kier alpha value is -2.19. The molecule has 4 rings (SSSR count). The molecule has 0 radical (unpaired) electrons. The van der Waals surface area contributed by atoms with E-state index in [-0.39, 0.29) is 43.5 Å². The van der Waals surface area contributed by atoms with Crippen LogP contribution in [0.4, 0.5) is 13.6 Å². The first-order valence-electron chi connectivity index (χ1n) is 9.25. The van der Waals surface area contributed by atoms with Gasteiger partial charge in [-0.05, 0) is 19.4 Å². The summed E-state index contributed by atoms with van der Waals surface area (Å²) in [4.78, 5) is 31.0. The second-order valence-electron chi connectivity index (χ2n) is 8.04. The van der Waals surface area contributed by atoms with Crippen molar-refractivity contribution in [2.24, 2.45) is 17.6 Å². The highest BCUT2D eigenvalue weighted by atomic mass is 32.1. The molecule has 5 nitrogen and oxygen atoms in total. The van der Waals surface area contributed by atoms with Crippen molar-refractivity contribution in [1.82, 2.24) is 4.98 Å². The Kier molecular flexibility index (Phi) is 4.39. The monoisotopic (exact) mass is 406 g/mol. The number of urea groups is 1. The third kappa shape index (κ3) is 3.04. The molecule has 0 bridgehead atoms. The summed E-state index contributed by atoms with van der Waals surface area (Å²) in [6.45, 7) is 3.81. The summed E-state index contributed by atoms with van der Waals surface area (Å²) in [5, 5.41) is 0.702. The van der Waals surface area contributed by atoms with Crippen LogP contribution >= 0.6 is 11.3 Å². The minimum atomic E-state index is -2.73.